The molecule has 0 bridgehead atoms. The lowest BCUT2D eigenvalue weighted by Crippen LogP contribution is -2.54. The van der Waals surface area contributed by atoms with Crippen LogP contribution in [0, 0.1) is 0 Å². The van der Waals surface area contributed by atoms with Crippen LogP contribution in [0.5, 0.6) is 0 Å². The molecule has 1 aromatic carbocycles. The monoisotopic (exact) mass is 818 g/mol. The highest BCUT2D eigenvalue weighted by atomic mass is 16.6. The minimum atomic E-state index is -1.08. The lowest BCUT2D eigenvalue weighted by atomic mass is 10.0. The van der Waals surface area contributed by atoms with Gasteiger partial charge in [0.05, 0.1) is 122 Å². The molecular weight excluding hydrogens is 764 g/mol. The number of fused-ring (bicyclic) bond motifs is 1. The van der Waals surface area contributed by atoms with Gasteiger partial charge in [-0.25, -0.2) is 0 Å². The van der Waals surface area contributed by atoms with Gasteiger partial charge in [-0.3, -0.25) is 48.7 Å². The van der Waals surface area contributed by atoms with Crippen molar-refractivity contribution in [2.75, 3.05) is 118 Å². The van der Waals surface area contributed by atoms with E-state index in [1.165, 1.54) is 18.2 Å². The molecule has 58 heavy (non-hydrogen) atoms. The number of carbonyl (C=O) groups is 7. The van der Waals surface area contributed by atoms with Crippen LogP contribution in [0.1, 0.15) is 59.2 Å². The summed E-state index contributed by atoms with van der Waals surface area (Å²) < 4.78 is 43.7. The first-order chi connectivity index (χ1) is 28.3. The highest BCUT2D eigenvalue weighted by Crippen LogP contribution is 2.32. The number of hydrogen-bond donors (Lipinski definition) is 2. The number of unbranched alkanes of at least 4 members (excludes halogenated alkanes) is 2. The van der Waals surface area contributed by atoms with Gasteiger partial charge in [-0.2, -0.15) is 0 Å². The van der Waals surface area contributed by atoms with E-state index in [0.29, 0.717) is 106 Å². The number of ether oxygens (including phenoxy) is 8. The van der Waals surface area contributed by atoms with Crippen LogP contribution < -0.4 is 10.6 Å². The molecule has 0 aliphatic carbocycles. The van der Waals surface area contributed by atoms with Crippen molar-refractivity contribution >= 4 is 47.0 Å². The SMILES string of the molecule is O=C1CCC(N2C(=O)c3cccc(NC(=O)CCCCCOCCOCCOCCOCCOCCOCCOCCOCCN4C(=O)C=CC4=O)c3C2=O)C(=O)N1. The highest BCUT2D eigenvalue weighted by Gasteiger charge is 2.45. The zero-order chi connectivity index (χ0) is 41.4. The number of carbonyl (C=O) groups excluding carboxylic acids is 7. The van der Waals surface area contributed by atoms with Crippen LogP contribution in [0.25, 0.3) is 0 Å². The third-order valence-electron chi connectivity index (χ3n) is 8.90. The van der Waals surface area contributed by atoms with Crippen molar-refractivity contribution < 1.29 is 71.5 Å². The molecule has 3 heterocycles. The number of nitrogens with one attached hydrogen (secondary N) is 2. The van der Waals surface area contributed by atoms with Gasteiger partial charge in [0, 0.05) is 31.6 Å². The van der Waals surface area contributed by atoms with E-state index in [1.54, 1.807) is 12.1 Å². The largest absolute Gasteiger partial charge is 0.379 e. The number of hydrogen-bond acceptors (Lipinski definition) is 15. The average molecular weight is 819 g/mol. The maximum atomic E-state index is 13.2. The summed E-state index contributed by atoms with van der Waals surface area (Å²) in [6.07, 6.45) is 4.90. The zero-order valence-electron chi connectivity index (χ0n) is 32.7. The fourth-order valence-electron chi connectivity index (χ4n) is 5.95. The molecule has 4 rings (SSSR count). The second kappa shape index (κ2) is 26.5. The maximum Gasteiger partial charge on any atom is 0.264 e. The second-order valence-electron chi connectivity index (χ2n) is 13.1. The molecule has 7 amide bonds. The highest BCUT2D eigenvalue weighted by molar-refractivity contribution is 6.26. The normalized spacial score (nSPS) is 16.5. The van der Waals surface area contributed by atoms with Crippen LogP contribution in [0.4, 0.5) is 5.69 Å². The molecule has 3 aliphatic rings. The summed E-state index contributed by atoms with van der Waals surface area (Å²) >= 11 is 0. The standard InChI is InChI=1S/C39H54N4O15/c44-32(40-30-6-4-5-29-36(30)39(50)43(38(29)49)31-8-9-33(45)41-37(31)48)7-2-1-3-13-51-15-17-53-19-21-55-23-25-57-27-28-58-26-24-56-22-20-54-18-16-52-14-12-42-34(46)10-11-35(42)47/h4-6,10-11,31H,1-3,7-9,12-28H2,(H,40,44)(H,41,45,48). The molecule has 3 aliphatic heterocycles. The predicted octanol–water partition coefficient (Wildman–Crippen LogP) is 0.645. The minimum absolute atomic E-state index is 0.0238. The van der Waals surface area contributed by atoms with E-state index in [2.05, 4.69) is 10.6 Å². The molecule has 1 aromatic rings. The quantitative estimate of drug-likeness (QED) is 0.0752. The number of imide groups is 3. The van der Waals surface area contributed by atoms with Crippen LogP contribution in [0.2, 0.25) is 0 Å². The van der Waals surface area contributed by atoms with Crippen LogP contribution in [-0.2, 0) is 61.9 Å². The van der Waals surface area contributed by atoms with Crippen LogP contribution >= 0.6 is 0 Å². The van der Waals surface area contributed by atoms with Crippen molar-refractivity contribution in [3.05, 3.63) is 41.5 Å². The fourth-order valence-corrected chi connectivity index (χ4v) is 5.95. The lowest BCUT2D eigenvalue weighted by Gasteiger charge is -2.27. The Morgan fingerprint density at radius 2 is 1.12 bits per heavy atom. The van der Waals surface area contributed by atoms with E-state index >= 15 is 0 Å². The Labute approximate surface area is 336 Å². The molecule has 2 N–H and O–H groups in total. The van der Waals surface area contributed by atoms with E-state index in [9.17, 15) is 33.6 Å². The summed E-state index contributed by atoms with van der Waals surface area (Å²) in [6, 6.07) is 3.51. The van der Waals surface area contributed by atoms with Crippen molar-refractivity contribution in [1.82, 2.24) is 15.1 Å². The van der Waals surface area contributed by atoms with Crippen molar-refractivity contribution in [3.63, 3.8) is 0 Å². The molecule has 1 atom stereocenters. The molecule has 19 heteroatoms. The summed E-state index contributed by atoms with van der Waals surface area (Å²) in [6.45, 7) is 6.99. The first kappa shape index (κ1) is 46.2. The molecule has 0 saturated carbocycles. The molecule has 1 unspecified atom stereocenters. The third-order valence-corrected chi connectivity index (χ3v) is 8.90. The summed E-state index contributed by atoms with van der Waals surface area (Å²) in [7, 11) is 0. The average Bonchev–Trinajstić information content (AvgIpc) is 3.66. The summed E-state index contributed by atoms with van der Waals surface area (Å²) in [5, 5.41) is 4.89. The Morgan fingerprint density at radius 3 is 1.64 bits per heavy atom. The first-order valence-electron chi connectivity index (χ1n) is 19.6. The number of piperidine rings is 1. The number of benzene rings is 1. The third kappa shape index (κ3) is 15.7. The van der Waals surface area contributed by atoms with Gasteiger partial charge in [-0.05, 0) is 31.4 Å². The van der Waals surface area contributed by atoms with Gasteiger partial charge in [-0.15, -0.1) is 0 Å². The molecule has 0 aromatic heterocycles. The smallest absolute Gasteiger partial charge is 0.264 e. The van der Waals surface area contributed by atoms with Gasteiger partial charge in [0.2, 0.25) is 17.7 Å². The van der Waals surface area contributed by atoms with Gasteiger partial charge in [0.15, 0.2) is 0 Å². The molecule has 0 spiro atoms. The van der Waals surface area contributed by atoms with Crippen LogP contribution in [-0.4, -0.2) is 169 Å². The molecule has 1 fully saturated rings. The molecular formula is C39H54N4O15. The van der Waals surface area contributed by atoms with Crippen LogP contribution in [0.15, 0.2) is 30.4 Å². The Bertz CT molecular complexity index is 1550. The Kier molecular flexibility index (Phi) is 21.1. The predicted molar refractivity (Wildman–Crippen MR) is 203 cm³/mol. The topological polar surface area (TPSA) is 224 Å². The van der Waals surface area contributed by atoms with E-state index in [-0.39, 0.29) is 66.9 Å². The molecule has 0 radical (unpaired) electrons. The lowest BCUT2D eigenvalue weighted by molar-refractivity contribution is -0.138. The summed E-state index contributed by atoms with van der Waals surface area (Å²) in [5.41, 5.74) is 0.365. The van der Waals surface area contributed by atoms with E-state index in [4.69, 9.17) is 37.9 Å². The number of rotatable bonds is 32. The van der Waals surface area contributed by atoms with Crippen molar-refractivity contribution in [1.29, 1.82) is 0 Å². The van der Waals surface area contributed by atoms with Crippen molar-refractivity contribution in [3.8, 4) is 0 Å². The molecule has 1 saturated heterocycles. The van der Waals surface area contributed by atoms with Gasteiger partial charge in [0.1, 0.15) is 6.04 Å². The summed E-state index contributed by atoms with van der Waals surface area (Å²) in [4.78, 5) is 87.5. The number of amides is 7. The Morgan fingerprint density at radius 1 is 0.621 bits per heavy atom. The first-order valence-corrected chi connectivity index (χ1v) is 19.6. The molecule has 320 valence electrons. The van der Waals surface area contributed by atoms with Crippen molar-refractivity contribution in [2.45, 2.75) is 44.6 Å². The number of nitrogens with zero attached hydrogens (tertiary/aromatic N) is 2. The van der Waals surface area contributed by atoms with Gasteiger partial charge >= 0.3 is 0 Å². The second-order valence-corrected chi connectivity index (χ2v) is 13.1. The van der Waals surface area contributed by atoms with E-state index in [1.807, 2.05) is 0 Å². The van der Waals surface area contributed by atoms with Gasteiger partial charge < -0.3 is 43.2 Å². The van der Waals surface area contributed by atoms with E-state index in [0.717, 1.165) is 22.6 Å². The van der Waals surface area contributed by atoms with Gasteiger partial charge in [0.25, 0.3) is 23.6 Å². The summed E-state index contributed by atoms with van der Waals surface area (Å²) in [5.74, 6) is -3.38. The fraction of sp³-hybridized carbons (Fsp3) is 0.615. The minimum Gasteiger partial charge on any atom is -0.379 e. The van der Waals surface area contributed by atoms with Crippen LogP contribution in [0.3, 0.4) is 0 Å². The Hall–Kier alpha value is -4.47. The maximum absolute atomic E-state index is 13.2. The Balaban J connectivity index is 0.852. The number of anilines is 1. The van der Waals surface area contributed by atoms with E-state index < -0.39 is 29.7 Å². The van der Waals surface area contributed by atoms with Gasteiger partial charge in [-0.1, -0.05) is 12.5 Å². The van der Waals surface area contributed by atoms with Crippen molar-refractivity contribution in [2.24, 2.45) is 0 Å². The zero-order valence-corrected chi connectivity index (χ0v) is 32.7. The molecule has 19 nitrogen and oxygen atoms in total.